The number of carboxylic acid groups (broad SMARTS) is 1. The summed E-state index contributed by atoms with van der Waals surface area (Å²) in [5.74, 6) is -1.47. The molecule has 1 aromatic carbocycles. The first kappa shape index (κ1) is 15.5. The van der Waals surface area contributed by atoms with Crippen molar-refractivity contribution in [3.8, 4) is 11.1 Å². The van der Waals surface area contributed by atoms with Crippen LogP contribution in [0.25, 0.3) is 11.1 Å². The highest BCUT2D eigenvalue weighted by Crippen LogP contribution is 2.19. The molecule has 2 aromatic rings. The van der Waals surface area contributed by atoms with E-state index in [1.165, 1.54) is 12.3 Å². The lowest BCUT2D eigenvalue weighted by molar-refractivity contribution is -0.136. The highest BCUT2D eigenvalue weighted by molar-refractivity contribution is 5.90. The molecule has 2 rings (SSSR count). The van der Waals surface area contributed by atoms with E-state index in [0.29, 0.717) is 17.7 Å². The molecule has 0 fully saturated rings. The van der Waals surface area contributed by atoms with Crippen LogP contribution < -0.4 is 5.56 Å². The summed E-state index contributed by atoms with van der Waals surface area (Å²) in [6.07, 6.45) is 1.16. The molecule has 0 radical (unpaired) electrons. The van der Waals surface area contributed by atoms with Crippen LogP contribution in [0.3, 0.4) is 0 Å². The third kappa shape index (κ3) is 3.60. The van der Waals surface area contributed by atoms with Crippen LogP contribution in [0.15, 0.2) is 41.3 Å². The van der Waals surface area contributed by atoms with Crippen molar-refractivity contribution in [1.82, 2.24) is 4.98 Å². The second-order valence-corrected chi connectivity index (χ2v) is 4.61. The minimum Gasteiger partial charge on any atom is -0.481 e. The van der Waals surface area contributed by atoms with Crippen molar-refractivity contribution in [2.75, 3.05) is 6.61 Å². The van der Waals surface area contributed by atoms with Gasteiger partial charge in [0.2, 0.25) is 0 Å². The summed E-state index contributed by atoms with van der Waals surface area (Å²) in [7, 11) is 0. The lowest BCUT2D eigenvalue weighted by Gasteiger charge is -2.05. The van der Waals surface area contributed by atoms with Crippen molar-refractivity contribution in [3.63, 3.8) is 0 Å². The molecular formula is C16H15NO5. The Hall–Kier alpha value is -2.89. The molecule has 22 heavy (non-hydrogen) atoms. The number of aromatic nitrogens is 1. The van der Waals surface area contributed by atoms with Crippen LogP contribution in [-0.4, -0.2) is 28.6 Å². The molecule has 0 spiro atoms. The molecule has 0 aliphatic carbocycles. The lowest BCUT2D eigenvalue weighted by Crippen LogP contribution is -2.15. The molecule has 0 aliphatic rings. The molecule has 2 N–H and O–H groups in total. The van der Waals surface area contributed by atoms with Crippen LogP contribution in [0.4, 0.5) is 0 Å². The Balaban J connectivity index is 2.30. The van der Waals surface area contributed by atoms with Gasteiger partial charge in [0, 0.05) is 11.8 Å². The minimum absolute atomic E-state index is 0.180. The van der Waals surface area contributed by atoms with E-state index in [0.717, 1.165) is 5.56 Å². The number of aromatic amines is 1. The fourth-order valence-electron chi connectivity index (χ4n) is 2.01. The molecule has 0 amide bonds. The fourth-order valence-corrected chi connectivity index (χ4v) is 2.01. The summed E-state index contributed by atoms with van der Waals surface area (Å²) in [4.78, 5) is 36.4. The predicted molar refractivity (Wildman–Crippen MR) is 79.8 cm³/mol. The van der Waals surface area contributed by atoms with Crippen LogP contribution in [0.2, 0.25) is 0 Å². The van der Waals surface area contributed by atoms with Gasteiger partial charge in [-0.3, -0.25) is 9.59 Å². The number of nitrogens with one attached hydrogen (secondary N) is 1. The van der Waals surface area contributed by atoms with E-state index in [-0.39, 0.29) is 12.0 Å². The van der Waals surface area contributed by atoms with Crippen molar-refractivity contribution in [1.29, 1.82) is 0 Å². The van der Waals surface area contributed by atoms with Crippen molar-refractivity contribution >= 4 is 11.9 Å². The zero-order valence-electron chi connectivity index (χ0n) is 12.0. The Bertz CT molecular complexity index is 746. The number of ether oxygens (including phenoxy) is 1. The lowest BCUT2D eigenvalue weighted by atomic mass is 10.0. The van der Waals surface area contributed by atoms with E-state index < -0.39 is 17.5 Å². The Kier molecular flexibility index (Phi) is 4.73. The number of pyridine rings is 1. The van der Waals surface area contributed by atoms with Crippen LogP contribution >= 0.6 is 0 Å². The van der Waals surface area contributed by atoms with Crippen LogP contribution in [-0.2, 0) is 16.0 Å². The molecule has 0 atom stereocenters. The molecular weight excluding hydrogens is 286 g/mol. The third-order valence-corrected chi connectivity index (χ3v) is 3.05. The Labute approximate surface area is 126 Å². The average Bonchev–Trinajstić information content (AvgIpc) is 2.49. The molecule has 1 heterocycles. The molecule has 0 aliphatic heterocycles. The van der Waals surface area contributed by atoms with E-state index in [2.05, 4.69) is 4.98 Å². The number of hydrogen-bond acceptors (Lipinski definition) is 4. The summed E-state index contributed by atoms with van der Waals surface area (Å²) >= 11 is 0. The smallest absolute Gasteiger partial charge is 0.338 e. The van der Waals surface area contributed by atoms with Crippen molar-refractivity contribution in [2.45, 2.75) is 13.3 Å². The predicted octanol–water partition coefficient (Wildman–Crippen LogP) is 1.85. The van der Waals surface area contributed by atoms with Gasteiger partial charge in [-0.15, -0.1) is 0 Å². The molecule has 0 saturated carbocycles. The van der Waals surface area contributed by atoms with Crippen molar-refractivity contribution in [3.05, 3.63) is 58.0 Å². The second kappa shape index (κ2) is 6.71. The van der Waals surface area contributed by atoms with Gasteiger partial charge in [0.05, 0.1) is 18.6 Å². The number of carboxylic acids is 1. The van der Waals surface area contributed by atoms with Crippen molar-refractivity contribution < 1.29 is 19.4 Å². The van der Waals surface area contributed by atoms with Gasteiger partial charge in [0.15, 0.2) is 0 Å². The third-order valence-electron chi connectivity index (χ3n) is 3.05. The van der Waals surface area contributed by atoms with Crippen LogP contribution in [0, 0.1) is 0 Å². The number of H-pyrrole nitrogens is 1. The minimum atomic E-state index is -1.07. The zero-order valence-corrected chi connectivity index (χ0v) is 12.0. The van der Waals surface area contributed by atoms with E-state index in [4.69, 9.17) is 9.84 Å². The van der Waals surface area contributed by atoms with Crippen LogP contribution in [0.5, 0.6) is 0 Å². The van der Waals surface area contributed by atoms with Gasteiger partial charge < -0.3 is 14.8 Å². The maximum absolute atomic E-state index is 11.6. The number of carbonyl (C=O) groups excluding carboxylic acids is 1. The largest absolute Gasteiger partial charge is 0.481 e. The number of benzene rings is 1. The van der Waals surface area contributed by atoms with Gasteiger partial charge in [-0.2, -0.15) is 0 Å². The first-order valence-corrected chi connectivity index (χ1v) is 6.72. The highest BCUT2D eigenvalue weighted by Gasteiger charge is 2.09. The molecule has 114 valence electrons. The van der Waals surface area contributed by atoms with Gasteiger partial charge in [-0.25, -0.2) is 4.79 Å². The standard InChI is InChI=1S/C16H15NO5/c1-2-22-16(21)11-5-3-10(4-6-11)13-7-12(8-14(18)19)15(20)17-9-13/h3-7,9H,2,8H2,1H3,(H,17,20)(H,18,19). The average molecular weight is 301 g/mol. The van der Waals surface area contributed by atoms with E-state index in [1.807, 2.05) is 0 Å². The Morgan fingerprint density at radius 3 is 2.45 bits per heavy atom. The highest BCUT2D eigenvalue weighted by atomic mass is 16.5. The summed E-state index contributed by atoms with van der Waals surface area (Å²) in [6, 6.07) is 8.20. The van der Waals surface area contributed by atoms with E-state index in [1.54, 1.807) is 31.2 Å². The molecule has 1 aromatic heterocycles. The second-order valence-electron chi connectivity index (χ2n) is 4.61. The van der Waals surface area contributed by atoms with Gasteiger partial charge in [-0.1, -0.05) is 12.1 Å². The first-order valence-electron chi connectivity index (χ1n) is 6.72. The number of hydrogen-bond donors (Lipinski definition) is 2. The summed E-state index contributed by atoms with van der Waals surface area (Å²) in [5.41, 5.74) is 1.62. The normalized spacial score (nSPS) is 10.2. The number of esters is 1. The Morgan fingerprint density at radius 1 is 1.18 bits per heavy atom. The van der Waals surface area contributed by atoms with Gasteiger partial charge >= 0.3 is 11.9 Å². The monoisotopic (exact) mass is 301 g/mol. The molecule has 0 saturated heterocycles. The Morgan fingerprint density at radius 2 is 1.86 bits per heavy atom. The number of aliphatic carboxylic acids is 1. The first-order chi connectivity index (χ1) is 10.5. The quantitative estimate of drug-likeness (QED) is 0.821. The summed E-state index contributed by atoms with van der Waals surface area (Å²) in [5, 5.41) is 8.80. The maximum atomic E-state index is 11.6. The van der Waals surface area contributed by atoms with E-state index in [9.17, 15) is 14.4 Å². The maximum Gasteiger partial charge on any atom is 0.338 e. The molecule has 6 heteroatoms. The molecule has 6 nitrogen and oxygen atoms in total. The topological polar surface area (TPSA) is 96.5 Å². The molecule has 0 unspecified atom stereocenters. The van der Waals surface area contributed by atoms with Crippen molar-refractivity contribution in [2.24, 2.45) is 0 Å². The van der Waals surface area contributed by atoms with Crippen LogP contribution in [0.1, 0.15) is 22.8 Å². The van der Waals surface area contributed by atoms with Gasteiger partial charge in [0.1, 0.15) is 0 Å². The molecule has 0 bridgehead atoms. The number of carbonyl (C=O) groups is 2. The summed E-state index contributed by atoms with van der Waals surface area (Å²) < 4.78 is 4.90. The SMILES string of the molecule is CCOC(=O)c1ccc(-c2c[nH]c(=O)c(CC(=O)O)c2)cc1. The number of rotatable bonds is 5. The summed E-state index contributed by atoms with van der Waals surface area (Å²) in [6.45, 7) is 2.04. The van der Waals surface area contributed by atoms with E-state index >= 15 is 0 Å². The zero-order chi connectivity index (χ0) is 16.1. The van der Waals surface area contributed by atoms with Gasteiger partial charge in [0.25, 0.3) is 5.56 Å². The van der Waals surface area contributed by atoms with Gasteiger partial charge in [-0.05, 0) is 36.2 Å². The fraction of sp³-hybridized carbons (Fsp3) is 0.188.